The van der Waals surface area contributed by atoms with E-state index in [2.05, 4.69) is 15.3 Å². The topological polar surface area (TPSA) is 92.2 Å². The number of aryl methyl sites for hydroxylation is 1. The summed E-state index contributed by atoms with van der Waals surface area (Å²) in [4.78, 5) is 30.5. The van der Waals surface area contributed by atoms with Crippen molar-refractivity contribution in [1.82, 2.24) is 9.97 Å². The summed E-state index contributed by atoms with van der Waals surface area (Å²) in [5, 5.41) is 11.6. The maximum Gasteiger partial charge on any atom is 0.337 e. The van der Waals surface area contributed by atoms with Gasteiger partial charge in [0, 0.05) is 12.4 Å². The van der Waals surface area contributed by atoms with Gasteiger partial charge >= 0.3 is 5.97 Å². The number of carbonyl (C=O) groups is 2. The lowest BCUT2D eigenvalue weighted by Gasteiger charge is -2.08. The van der Waals surface area contributed by atoms with Crippen LogP contribution in [0.3, 0.4) is 0 Å². The minimum Gasteiger partial charge on any atom is -0.478 e. The summed E-state index contributed by atoms with van der Waals surface area (Å²) in [5.41, 5.74) is 1.36. The lowest BCUT2D eigenvalue weighted by atomic mass is 10.1. The number of aromatic carboxylic acids is 1. The van der Waals surface area contributed by atoms with E-state index >= 15 is 0 Å². The lowest BCUT2D eigenvalue weighted by Crippen LogP contribution is -2.15. The number of hydrogen-bond acceptors (Lipinski definition) is 4. The fourth-order valence-corrected chi connectivity index (χ4v) is 1.55. The first-order chi connectivity index (χ1) is 9.08. The van der Waals surface area contributed by atoms with Crippen LogP contribution in [-0.4, -0.2) is 27.0 Å². The number of amides is 1. The number of hydrogen-bond donors (Lipinski definition) is 2. The minimum atomic E-state index is -1.09. The van der Waals surface area contributed by atoms with E-state index in [1.807, 2.05) is 0 Å². The molecule has 1 amide bonds. The molecule has 1 aromatic heterocycles. The highest BCUT2D eigenvalue weighted by molar-refractivity contribution is 6.07. The highest BCUT2D eigenvalue weighted by atomic mass is 16.4. The van der Waals surface area contributed by atoms with E-state index in [1.165, 1.54) is 24.8 Å². The van der Waals surface area contributed by atoms with Gasteiger partial charge in [-0.1, -0.05) is 11.6 Å². The van der Waals surface area contributed by atoms with Crippen LogP contribution in [0.1, 0.15) is 26.3 Å². The molecule has 0 aliphatic carbocycles. The Bertz CT molecular complexity index is 626. The summed E-state index contributed by atoms with van der Waals surface area (Å²) < 4.78 is 0. The third-order valence-electron chi connectivity index (χ3n) is 2.48. The number of carbonyl (C=O) groups excluding carboxylic acids is 1. The van der Waals surface area contributed by atoms with Crippen molar-refractivity contribution < 1.29 is 14.7 Å². The number of nitrogens with zero attached hydrogens (tertiary/aromatic N) is 2. The molecule has 1 heterocycles. The zero-order valence-corrected chi connectivity index (χ0v) is 10.1. The Balaban J connectivity index is 2.29. The van der Waals surface area contributed by atoms with Gasteiger partial charge in [0.2, 0.25) is 0 Å². The van der Waals surface area contributed by atoms with Crippen LogP contribution in [0, 0.1) is 6.92 Å². The molecule has 0 spiro atoms. The number of nitrogens with one attached hydrogen (secondary N) is 1. The molecule has 96 valence electrons. The molecule has 2 rings (SSSR count). The second-order valence-corrected chi connectivity index (χ2v) is 3.94. The first-order valence-electron chi connectivity index (χ1n) is 5.48. The molecular formula is C13H11N3O3. The second-order valence-electron chi connectivity index (χ2n) is 3.94. The van der Waals surface area contributed by atoms with E-state index in [4.69, 9.17) is 5.11 Å². The largest absolute Gasteiger partial charge is 0.478 e. The maximum absolute atomic E-state index is 11.9. The Labute approximate surface area is 109 Å². The van der Waals surface area contributed by atoms with Crippen LogP contribution >= 0.6 is 0 Å². The monoisotopic (exact) mass is 257 g/mol. The fourth-order valence-electron chi connectivity index (χ4n) is 1.55. The Morgan fingerprint density at radius 2 is 1.89 bits per heavy atom. The molecule has 6 heteroatoms. The molecular weight excluding hydrogens is 246 g/mol. The van der Waals surface area contributed by atoms with Crippen LogP contribution in [0.4, 0.5) is 5.69 Å². The first-order valence-corrected chi connectivity index (χ1v) is 5.48. The standard InChI is InChI=1S/C13H11N3O3/c1-8-2-3-11(10(4-8)13(18)19)16-12(17)9-5-14-7-15-6-9/h2-7H,1H3,(H,16,17)(H,18,19). The molecule has 1 aromatic carbocycles. The lowest BCUT2D eigenvalue weighted by molar-refractivity contribution is 0.0698. The van der Waals surface area contributed by atoms with Crippen LogP contribution in [0.2, 0.25) is 0 Å². The van der Waals surface area contributed by atoms with Crippen molar-refractivity contribution >= 4 is 17.6 Å². The van der Waals surface area contributed by atoms with Gasteiger partial charge in [0.05, 0.1) is 16.8 Å². The fraction of sp³-hybridized carbons (Fsp3) is 0.0769. The molecule has 0 aliphatic heterocycles. The van der Waals surface area contributed by atoms with E-state index in [-0.39, 0.29) is 16.8 Å². The minimum absolute atomic E-state index is 0.0465. The van der Waals surface area contributed by atoms with Crippen LogP contribution in [0.25, 0.3) is 0 Å². The molecule has 2 N–H and O–H groups in total. The highest BCUT2D eigenvalue weighted by Gasteiger charge is 2.13. The van der Waals surface area contributed by atoms with Gasteiger partial charge < -0.3 is 10.4 Å². The average Bonchev–Trinajstić information content (AvgIpc) is 2.41. The molecule has 0 aliphatic rings. The van der Waals surface area contributed by atoms with E-state index < -0.39 is 11.9 Å². The van der Waals surface area contributed by atoms with Crippen LogP contribution in [0.5, 0.6) is 0 Å². The van der Waals surface area contributed by atoms with E-state index in [9.17, 15) is 9.59 Å². The van der Waals surface area contributed by atoms with Gasteiger partial charge in [0.25, 0.3) is 5.91 Å². The molecule has 0 saturated carbocycles. The third-order valence-corrected chi connectivity index (χ3v) is 2.48. The van der Waals surface area contributed by atoms with Gasteiger partial charge in [-0.05, 0) is 19.1 Å². The Morgan fingerprint density at radius 3 is 2.53 bits per heavy atom. The zero-order chi connectivity index (χ0) is 13.8. The molecule has 0 unspecified atom stereocenters. The summed E-state index contributed by atoms with van der Waals surface area (Å²) in [6.07, 6.45) is 4.03. The number of aromatic nitrogens is 2. The van der Waals surface area contributed by atoms with E-state index in [0.717, 1.165) is 5.56 Å². The molecule has 0 saturated heterocycles. The van der Waals surface area contributed by atoms with Crippen LogP contribution in [0.15, 0.2) is 36.9 Å². The van der Waals surface area contributed by atoms with Crippen molar-refractivity contribution in [1.29, 1.82) is 0 Å². The van der Waals surface area contributed by atoms with Crippen molar-refractivity contribution in [2.75, 3.05) is 5.32 Å². The van der Waals surface area contributed by atoms with Crippen molar-refractivity contribution in [2.24, 2.45) is 0 Å². The predicted octanol–water partition coefficient (Wildman–Crippen LogP) is 1.74. The molecule has 0 atom stereocenters. The van der Waals surface area contributed by atoms with Gasteiger partial charge in [-0.2, -0.15) is 0 Å². The Kier molecular flexibility index (Phi) is 3.51. The predicted molar refractivity (Wildman–Crippen MR) is 68.1 cm³/mol. The SMILES string of the molecule is Cc1ccc(NC(=O)c2cncnc2)c(C(=O)O)c1. The summed E-state index contributed by atoms with van der Waals surface area (Å²) >= 11 is 0. The molecule has 19 heavy (non-hydrogen) atoms. The van der Waals surface area contributed by atoms with Gasteiger partial charge in [0.1, 0.15) is 6.33 Å². The molecule has 6 nitrogen and oxygen atoms in total. The Morgan fingerprint density at radius 1 is 1.21 bits per heavy atom. The van der Waals surface area contributed by atoms with Crippen LogP contribution < -0.4 is 5.32 Å². The number of rotatable bonds is 3. The van der Waals surface area contributed by atoms with Crippen molar-refractivity contribution in [2.45, 2.75) is 6.92 Å². The van der Waals surface area contributed by atoms with Gasteiger partial charge in [-0.15, -0.1) is 0 Å². The average molecular weight is 257 g/mol. The summed E-state index contributed by atoms with van der Waals surface area (Å²) in [5.74, 6) is -1.55. The molecule has 0 fully saturated rings. The molecule has 0 radical (unpaired) electrons. The smallest absolute Gasteiger partial charge is 0.337 e. The van der Waals surface area contributed by atoms with Gasteiger partial charge in [-0.3, -0.25) is 4.79 Å². The Hall–Kier alpha value is -2.76. The summed E-state index contributed by atoms with van der Waals surface area (Å²) in [7, 11) is 0. The number of anilines is 1. The van der Waals surface area contributed by atoms with Gasteiger partial charge in [-0.25, -0.2) is 14.8 Å². The summed E-state index contributed by atoms with van der Waals surface area (Å²) in [6.45, 7) is 1.78. The molecule has 2 aromatic rings. The van der Waals surface area contributed by atoms with Gasteiger partial charge in [0.15, 0.2) is 0 Å². The number of benzene rings is 1. The quantitative estimate of drug-likeness (QED) is 0.873. The third kappa shape index (κ3) is 2.92. The second kappa shape index (κ2) is 5.26. The normalized spacial score (nSPS) is 9.95. The van der Waals surface area contributed by atoms with E-state index in [0.29, 0.717) is 0 Å². The number of carboxylic acid groups (broad SMARTS) is 1. The van der Waals surface area contributed by atoms with Crippen LogP contribution in [-0.2, 0) is 0 Å². The number of carboxylic acids is 1. The maximum atomic E-state index is 11.9. The van der Waals surface area contributed by atoms with E-state index in [1.54, 1.807) is 19.1 Å². The summed E-state index contributed by atoms with van der Waals surface area (Å²) in [6, 6.07) is 4.78. The first kappa shape index (κ1) is 12.7. The van der Waals surface area contributed by atoms with Crippen molar-refractivity contribution in [3.63, 3.8) is 0 Å². The van der Waals surface area contributed by atoms with Crippen molar-refractivity contribution in [3.8, 4) is 0 Å². The van der Waals surface area contributed by atoms with Crippen molar-refractivity contribution in [3.05, 3.63) is 53.6 Å². The zero-order valence-electron chi connectivity index (χ0n) is 10.1. The highest BCUT2D eigenvalue weighted by Crippen LogP contribution is 2.18. The molecule has 0 bridgehead atoms.